The first-order valence-electron chi connectivity index (χ1n) is 9.34. The Kier molecular flexibility index (Phi) is 6.41. The molecule has 2 heterocycles. The Bertz CT molecular complexity index is 892. The van der Waals surface area contributed by atoms with E-state index >= 15 is 0 Å². The second-order valence-corrected chi connectivity index (χ2v) is 6.70. The minimum atomic E-state index is -0.394. The average molecular weight is 384 g/mol. The van der Waals surface area contributed by atoms with Crippen molar-refractivity contribution in [3.8, 4) is 5.75 Å². The number of hydrogen-bond donors (Lipinski definition) is 2. The van der Waals surface area contributed by atoms with E-state index in [2.05, 4.69) is 15.3 Å². The summed E-state index contributed by atoms with van der Waals surface area (Å²) in [6.45, 7) is 1.84. The standard InChI is InChI=1S/C20H24N4O4/c1-28-15-7-5-14(6-8-15)12-17-22-16(13-18(25)23-17)20(27)21-9-3-11-24-10-2-4-19(24)26/h5-8,13H,2-4,9-12H2,1H3,(H,21,27)(H,22,23,25). The van der Waals surface area contributed by atoms with E-state index in [0.717, 1.165) is 24.3 Å². The van der Waals surface area contributed by atoms with E-state index in [9.17, 15) is 14.4 Å². The van der Waals surface area contributed by atoms with Gasteiger partial charge in [-0.05, 0) is 30.5 Å². The zero-order valence-corrected chi connectivity index (χ0v) is 15.9. The lowest BCUT2D eigenvalue weighted by Crippen LogP contribution is -2.31. The lowest BCUT2D eigenvalue weighted by Gasteiger charge is -2.15. The number of ether oxygens (including phenoxy) is 1. The van der Waals surface area contributed by atoms with Gasteiger partial charge in [0.2, 0.25) is 5.91 Å². The number of carbonyl (C=O) groups excluding carboxylic acids is 2. The third kappa shape index (κ3) is 5.18. The molecule has 8 heteroatoms. The largest absolute Gasteiger partial charge is 0.497 e. The normalized spacial score (nSPS) is 13.6. The summed E-state index contributed by atoms with van der Waals surface area (Å²) < 4.78 is 5.13. The van der Waals surface area contributed by atoms with Crippen LogP contribution in [0.3, 0.4) is 0 Å². The van der Waals surface area contributed by atoms with Gasteiger partial charge in [-0.1, -0.05) is 12.1 Å². The van der Waals surface area contributed by atoms with E-state index in [1.165, 1.54) is 6.07 Å². The van der Waals surface area contributed by atoms with Crippen LogP contribution in [0.5, 0.6) is 5.75 Å². The number of amides is 2. The highest BCUT2D eigenvalue weighted by atomic mass is 16.5. The number of aromatic nitrogens is 2. The van der Waals surface area contributed by atoms with Crippen molar-refractivity contribution < 1.29 is 14.3 Å². The third-order valence-corrected chi connectivity index (χ3v) is 4.62. The maximum Gasteiger partial charge on any atom is 0.270 e. The van der Waals surface area contributed by atoms with Crippen molar-refractivity contribution in [1.29, 1.82) is 0 Å². The van der Waals surface area contributed by atoms with Crippen LogP contribution in [-0.4, -0.2) is 53.4 Å². The van der Waals surface area contributed by atoms with E-state index in [4.69, 9.17) is 4.74 Å². The molecule has 2 aromatic rings. The zero-order valence-electron chi connectivity index (χ0n) is 15.9. The van der Waals surface area contributed by atoms with Crippen LogP contribution < -0.4 is 15.6 Å². The van der Waals surface area contributed by atoms with Crippen molar-refractivity contribution in [2.75, 3.05) is 26.7 Å². The van der Waals surface area contributed by atoms with E-state index in [1.807, 2.05) is 29.2 Å². The number of nitrogens with one attached hydrogen (secondary N) is 2. The number of nitrogens with zero attached hydrogens (tertiary/aromatic N) is 2. The van der Waals surface area contributed by atoms with Crippen molar-refractivity contribution in [2.45, 2.75) is 25.7 Å². The van der Waals surface area contributed by atoms with Crippen LogP contribution in [0, 0.1) is 0 Å². The second kappa shape index (κ2) is 9.16. The molecule has 3 rings (SSSR count). The molecule has 28 heavy (non-hydrogen) atoms. The van der Waals surface area contributed by atoms with E-state index in [1.54, 1.807) is 7.11 Å². The molecule has 1 fully saturated rings. The Balaban J connectivity index is 1.56. The number of carbonyl (C=O) groups is 2. The van der Waals surface area contributed by atoms with Crippen LogP contribution in [-0.2, 0) is 11.2 Å². The highest BCUT2D eigenvalue weighted by Crippen LogP contribution is 2.13. The molecule has 8 nitrogen and oxygen atoms in total. The quantitative estimate of drug-likeness (QED) is 0.664. The van der Waals surface area contributed by atoms with Crippen LogP contribution in [0.2, 0.25) is 0 Å². The number of likely N-dealkylation sites (tertiary alicyclic amines) is 1. The summed E-state index contributed by atoms with van der Waals surface area (Å²) in [5, 5.41) is 2.76. The summed E-state index contributed by atoms with van der Waals surface area (Å²) in [5.74, 6) is 0.944. The maximum atomic E-state index is 12.3. The lowest BCUT2D eigenvalue weighted by molar-refractivity contribution is -0.127. The first kappa shape index (κ1) is 19.6. The Hall–Kier alpha value is -3.16. The van der Waals surface area contributed by atoms with Gasteiger partial charge in [-0.2, -0.15) is 0 Å². The molecular weight excluding hydrogens is 360 g/mol. The van der Waals surface area contributed by atoms with Crippen LogP contribution >= 0.6 is 0 Å². The van der Waals surface area contributed by atoms with Crippen molar-refractivity contribution in [3.63, 3.8) is 0 Å². The molecule has 148 valence electrons. The summed E-state index contributed by atoms with van der Waals surface area (Å²) >= 11 is 0. The van der Waals surface area contributed by atoms with Gasteiger partial charge in [-0.25, -0.2) is 4.98 Å². The zero-order chi connectivity index (χ0) is 19.9. The molecule has 1 aromatic heterocycles. The number of aromatic amines is 1. The molecule has 0 bridgehead atoms. The van der Waals surface area contributed by atoms with Gasteiger partial charge in [0.15, 0.2) is 0 Å². The van der Waals surface area contributed by atoms with Crippen molar-refractivity contribution in [2.24, 2.45) is 0 Å². The molecule has 1 saturated heterocycles. The number of methoxy groups -OCH3 is 1. The minimum Gasteiger partial charge on any atom is -0.497 e. The van der Waals surface area contributed by atoms with Crippen LogP contribution in [0.4, 0.5) is 0 Å². The topological polar surface area (TPSA) is 104 Å². The number of benzene rings is 1. The first-order chi connectivity index (χ1) is 13.5. The number of H-pyrrole nitrogens is 1. The Labute approximate surface area is 162 Å². The summed E-state index contributed by atoms with van der Waals surface area (Å²) in [6, 6.07) is 8.61. The predicted octanol–water partition coefficient (Wildman–Crippen LogP) is 1.11. The Morgan fingerprint density at radius 2 is 2.07 bits per heavy atom. The van der Waals surface area contributed by atoms with Gasteiger partial charge in [-0.15, -0.1) is 0 Å². The monoisotopic (exact) mass is 384 g/mol. The van der Waals surface area contributed by atoms with Gasteiger partial charge < -0.3 is 19.9 Å². The fraction of sp³-hybridized carbons (Fsp3) is 0.400. The highest BCUT2D eigenvalue weighted by molar-refractivity contribution is 5.92. The molecule has 1 aliphatic heterocycles. The van der Waals surface area contributed by atoms with Crippen LogP contribution in [0.25, 0.3) is 0 Å². The molecule has 2 N–H and O–H groups in total. The summed E-state index contributed by atoms with van der Waals surface area (Å²) in [4.78, 5) is 44.5. The molecule has 2 amide bonds. The molecule has 0 aliphatic carbocycles. The number of hydrogen-bond acceptors (Lipinski definition) is 5. The first-order valence-corrected chi connectivity index (χ1v) is 9.34. The summed E-state index contributed by atoms with van der Waals surface area (Å²) in [6.07, 6.45) is 2.58. The second-order valence-electron chi connectivity index (χ2n) is 6.70. The van der Waals surface area contributed by atoms with Crippen molar-refractivity contribution in [3.05, 3.63) is 57.8 Å². The van der Waals surface area contributed by atoms with E-state index in [0.29, 0.717) is 38.2 Å². The molecule has 1 aliphatic rings. The fourth-order valence-electron chi connectivity index (χ4n) is 3.15. The highest BCUT2D eigenvalue weighted by Gasteiger charge is 2.19. The van der Waals surface area contributed by atoms with Gasteiger partial charge in [0.05, 0.1) is 7.11 Å². The third-order valence-electron chi connectivity index (χ3n) is 4.62. The van der Waals surface area contributed by atoms with Gasteiger partial charge in [0.1, 0.15) is 17.3 Å². The maximum absolute atomic E-state index is 12.3. The van der Waals surface area contributed by atoms with Gasteiger partial charge >= 0.3 is 0 Å². The number of rotatable bonds is 8. The SMILES string of the molecule is COc1ccc(Cc2nc(C(=O)NCCCN3CCCC3=O)cc(=O)[nH]2)cc1. The molecule has 1 aromatic carbocycles. The van der Waals surface area contributed by atoms with E-state index in [-0.39, 0.29) is 17.2 Å². The molecule has 0 atom stereocenters. The van der Waals surface area contributed by atoms with Crippen LogP contribution in [0.15, 0.2) is 35.1 Å². The lowest BCUT2D eigenvalue weighted by atomic mass is 10.1. The van der Waals surface area contributed by atoms with Crippen LogP contribution in [0.1, 0.15) is 41.1 Å². The molecule has 0 saturated carbocycles. The predicted molar refractivity (Wildman–Crippen MR) is 103 cm³/mol. The van der Waals surface area contributed by atoms with Crippen molar-refractivity contribution in [1.82, 2.24) is 20.2 Å². The smallest absolute Gasteiger partial charge is 0.270 e. The molecule has 0 spiro atoms. The molecule has 0 unspecified atom stereocenters. The fourth-order valence-corrected chi connectivity index (χ4v) is 3.15. The minimum absolute atomic E-state index is 0.0875. The van der Waals surface area contributed by atoms with Gasteiger partial charge in [0.25, 0.3) is 11.5 Å². The Morgan fingerprint density at radius 1 is 1.29 bits per heavy atom. The van der Waals surface area contributed by atoms with Gasteiger partial charge in [-0.3, -0.25) is 14.4 Å². The van der Waals surface area contributed by atoms with Crippen molar-refractivity contribution >= 4 is 11.8 Å². The summed E-state index contributed by atoms with van der Waals surface area (Å²) in [7, 11) is 1.60. The average Bonchev–Trinajstić information content (AvgIpc) is 3.10. The van der Waals surface area contributed by atoms with Gasteiger partial charge in [0, 0.05) is 38.5 Å². The van der Waals surface area contributed by atoms with E-state index < -0.39 is 5.91 Å². The molecule has 0 radical (unpaired) electrons. The Morgan fingerprint density at radius 3 is 2.75 bits per heavy atom. The summed E-state index contributed by atoms with van der Waals surface area (Å²) in [5.41, 5.74) is 0.660. The molecular formula is C20H24N4O4.